The van der Waals surface area contributed by atoms with Crippen molar-refractivity contribution in [2.24, 2.45) is 0 Å². The van der Waals surface area contributed by atoms with Gasteiger partial charge < -0.3 is 0 Å². The third-order valence-electron chi connectivity index (χ3n) is 7.62. The van der Waals surface area contributed by atoms with Gasteiger partial charge in [0, 0.05) is 33.7 Å². The fourth-order valence-corrected chi connectivity index (χ4v) is 7.42. The van der Waals surface area contributed by atoms with Crippen LogP contribution in [0.3, 0.4) is 0 Å². The molecule has 0 saturated heterocycles. The zero-order valence-corrected chi connectivity index (χ0v) is 21.4. The molecule has 1 aliphatic rings. The molecule has 0 atom stereocenters. The molecular formula is C34H20N2O2S. The van der Waals surface area contributed by atoms with Gasteiger partial charge in [0.1, 0.15) is 0 Å². The van der Waals surface area contributed by atoms with Gasteiger partial charge in [-0.3, -0.25) is 4.98 Å². The van der Waals surface area contributed by atoms with Gasteiger partial charge in [-0.05, 0) is 52.2 Å². The number of sulfone groups is 1. The van der Waals surface area contributed by atoms with E-state index in [4.69, 9.17) is 6.35 Å². The standard InChI is InChI=1S/C34H20N2O2S/c37-39(38)31-10-4-3-9-28(31)29-20-23(14-18-32(29)39)24-15-16-27(26-8-2-1-7-25(24)26)30-17-13-22-12-11-21-6-5-19-35-33(21)34(22)36-30/h1-20H/i3D. The van der Waals surface area contributed by atoms with E-state index in [2.05, 4.69) is 47.4 Å². The van der Waals surface area contributed by atoms with E-state index in [1.165, 1.54) is 12.1 Å². The molecule has 0 radical (unpaired) electrons. The second kappa shape index (κ2) is 8.06. The summed E-state index contributed by atoms with van der Waals surface area (Å²) in [7, 11) is -3.60. The number of benzene rings is 5. The molecule has 2 aromatic heterocycles. The summed E-state index contributed by atoms with van der Waals surface area (Å²) in [6.45, 7) is 0. The predicted octanol–water partition coefficient (Wildman–Crippen LogP) is 8.08. The number of aromatic nitrogens is 2. The Morgan fingerprint density at radius 1 is 0.590 bits per heavy atom. The summed E-state index contributed by atoms with van der Waals surface area (Å²) in [5.74, 6) is 0. The van der Waals surface area contributed by atoms with Crippen molar-refractivity contribution >= 4 is 42.4 Å². The molecule has 8 rings (SSSR count). The molecule has 0 unspecified atom stereocenters. The molecule has 7 aromatic rings. The number of fused-ring (bicyclic) bond motifs is 7. The maximum atomic E-state index is 13.2. The minimum atomic E-state index is -3.60. The fourth-order valence-electron chi connectivity index (χ4n) is 5.77. The number of hydrogen-bond donors (Lipinski definition) is 0. The average molecular weight is 522 g/mol. The van der Waals surface area contributed by atoms with E-state index in [1.54, 1.807) is 18.3 Å². The van der Waals surface area contributed by atoms with Crippen LogP contribution >= 0.6 is 0 Å². The molecule has 0 amide bonds. The summed E-state index contributed by atoms with van der Waals surface area (Å²) in [6, 6.07) is 35.1. The Morgan fingerprint density at radius 3 is 2.21 bits per heavy atom. The van der Waals surface area contributed by atoms with Gasteiger partial charge in [0.05, 0.1) is 27.9 Å². The normalized spacial score (nSPS) is 13.9. The van der Waals surface area contributed by atoms with Gasteiger partial charge in [-0.2, -0.15) is 0 Å². The highest BCUT2D eigenvalue weighted by atomic mass is 32.2. The van der Waals surface area contributed by atoms with Gasteiger partial charge in [0.15, 0.2) is 0 Å². The maximum absolute atomic E-state index is 13.2. The molecule has 0 N–H and O–H groups in total. The molecular weight excluding hydrogens is 500 g/mol. The minimum absolute atomic E-state index is 0.264. The monoisotopic (exact) mass is 521 g/mol. The van der Waals surface area contributed by atoms with Crippen molar-refractivity contribution in [3.63, 3.8) is 0 Å². The summed E-state index contributed by atoms with van der Waals surface area (Å²) in [4.78, 5) is 10.2. The van der Waals surface area contributed by atoms with E-state index in [0.717, 1.165) is 55.0 Å². The Bertz CT molecular complexity index is 2310. The van der Waals surface area contributed by atoms with Crippen LogP contribution in [0.15, 0.2) is 131 Å². The molecule has 0 spiro atoms. The maximum Gasteiger partial charge on any atom is 0.207 e. The summed E-state index contributed by atoms with van der Waals surface area (Å²) in [5.41, 5.74) is 6.79. The van der Waals surface area contributed by atoms with Crippen LogP contribution < -0.4 is 0 Å². The van der Waals surface area contributed by atoms with E-state index in [0.29, 0.717) is 16.0 Å². The molecule has 3 heterocycles. The highest BCUT2D eigenvalue weighted by Crippen LogP contribution is 2.45. The van der Waals surface area contributed by atoms with Gasteiger partial charge >= 0.3 is 0 Å². The second-order valence-electron chi connectivity index (χ2n) is 9.75. The van der Waals surface area contributed by atoms with E-state index < -0.39 is 9.84 Å². The number of hydrogen-bond acceptors (Lipinski definition) is 4. The number of nitrogens with zero attached hydrogens (tertiary/aromatic N) is 2. The second-order valence-corrected chi connectivity index (χ2v) is 11.6. The SMILES string of the molecule is [2H]c1ccc2c(c1)-c1cc(-c3ccc(-c4ccc5ccc6cccnc6c5n4)c4ccccc34)ccc1S2(=O)=O. The van der Waals surface area contributed by atoms with Crippen molar-refractivity contribution in [1.29, 1.82) is 0 Å². The largest absolute Gasteiger partial charge is 0.254 e. The molecule has 0 bridgehead atoms. The quantitative estimate of drug-likeness (QED) is 0.216. The first-order chi connectivity index (χ1) is 19.5. The first-order valence-corrected chi connectivity index (χ1v) is 14.1. The van der Waals surface area contributed by atoms with Crippen molar-refractivity contribution in [2.75, 3.05) is 0 Å². The first-order valence-electron chi connectivity index (χ1n) is 13.2. The van der Waals surface area contributed by atoms with Crippen molar-refractivity contribution in [3.8, 4) is 33.5 Å². The molecule has 4 nitrogen and oxygen atoms in total. The first kappa shape index (κ1) is 21.1. The molecule has 39 heavy (non-hydrogen) atoms. The fraction of sp³-hybridized carbons (Fsp3) is 0. The Kier molecular flexibility index (Phi) is 4.36. The van der Waals surface area contributed by atoms with E-state index in [-0.39, 0.29) is 10.9 Å². The highest BCUT2D eigenvalue weighted by molar-refractivity contribution is 7.92. The third-order valence-corrected chi connectivity index (χ3v) is 9.49. The van der Waals surface area contributed by atoms with Crippen molar-refractivity contribution in [2.45, 2.75) is 9.79 Å². The van der Waals surface area contributed by atoms with Crippen molar-refractivity contribution in [1.82, 2.24) is 9.97 Å². The van der Waals surface area contributed by atoms with Crippen LogP contribution in [-0.2, 0) is 9.84 Å². The van der Waals surface area contributed by atoms with Gasteiger partial charge in [-0.25, -0.2) is 13.4 Å². The highest BCUT2D eigenvalue weighted by Gasteiger charge is 2.32. The van der Waals surface area contributed by atoms with Gasteiger partial charge in [-0.15, -0.1) is 0 Å². The molecule has 5 heteroatoms. The summed E-state index contributed by atoms with van der Waals surface area (Å²) in [6.07, 6.45) is 1.80. The van der Waals surface area contributed by atoms with Crippen molar-refractivity contribution < 1.29 is 9.79 Å². The average Bonchev–Trinajstić information content (AvgIpc) is 3.21. The topological polar surface area (TPSA) is 59.9 Å². The zero-order chi connectivity index (χ0) is 27.0. The smallest absolute Gasteiger partial charge is 0.207 e. The molecule has 0 fully saturated rings. The van der Waals surface area contributed by atoms with Crippen LogP contribution in [0.25, 0.3) is 66.1 Å². The van der Waals surface area contributed by atoms with E-state index >= 15 is 0 Å². The minimum Gasteiger partial charge on any atom is -0.254 e. The lowest BCUT2D eigenvalue weighted by molar-refractivity contribution is 0.598. The summed E-state index contributed by atoms with van der Waals surface area (Å²) >= 11 is 0. The lowest BCUT2D eigenvalue weighted by atomic mass is 9.92. The lowest BCUT2D eigenvalue weighted by Gasteiger charge is -2.13. The molecule has 1 aliphatic heterocycles. The molecule has 184 valence electrons. The van der Waals surface area contributed by atoms with Crippen LogP contribution in [-0.4, -0.2) is 18.4 Å². The Hall–Kier alpha value is -4.87. The third kappa shape index (κ3) is 3.20. The van der Waals surface area contributed by atoms with E-state index in [9.17, 15) is 8.42 Å². The lowest BCUT2D eigenvalue weighted by Crippen LogP contribution is -1.96. The molecule has 5 aromatic carbocycles. The van der Waals surface area contributed by atoms with Crippen LogP contribution in [0.4, 0.5) is 0 Å². The van der Waals surface area contributed by atoms with Crippen LogP contribution in [0.1, 0.15) is 1.37 Å². The Labute approximate surface area is 226 Å². The van der Waals surface area contributed by atoms with Gasteiger partial charge in [0.2, 0.25) is 9.84 Å². The Balaban J connectivity index is 1.33. The zero-order valence-electron chi connectivity index (χ0n) is 21.6. The van der Waals surface area contributed by atoms with Crippen LogP contribution in [0.5, 0.6) is 0 Å². The molecule has 0 aliphatic carbocycles. The van der Waals surface area contributed by atoms with Crippen LogP contribution in [0.2, 0.25) is 0 Å². The predicted molar refractivity (Wildman–Crippen MR) is 156 cm³/mol. The van der Waals surface area contributed by atoms with Gasteiger partial charge in [0.25, 0.3) is 0 Å². The summed E-state index contributed by atoms with van der Waals surface area (Å²) in [5, 5.41) is 4.20. The van der Waals surface area contributed by atoms with Crippen LogP contribution in [0, 0.1) is 0 Å². The Morgan fingerprint density at radius 2 is 1.33 bits per heavy atom. The number of pyridine rings is 2. The number of rotatable bonds is 2. The van der Waals surface area contributed by atoms with Crippen molar-refractivity contribution in [3.05, 3.63) is 121 Å². The summed E-state index contributed by atoms with van der Waals surface area (Å²) < 4.78 is 34.4. The van der Waals surface area contributed by atoms with Gasteiger partial charge in [-0.1, -0.05) is 84.9 Å². The molecule has 0 saturated carbocycles. The van der Waals surface area contributed by atoms with E-state index in [1.807, 2.05) is 42.5 Å².